The summed E-state index contributed by atoms with van der Waals surface area (Å²) in [7, 11) is -3.00. The van der Waals surface area contributed by atoms with Crippen LogP contribution in [-0.4, -0.2) is 30.0 Å². The second kappa shape index (κ2) is 3.94. The van der Waals surface area contributed by atoms with Gasteiger partial charge in [0.25, 0.3) is 5.56 Å². The summed E-state index contributed by atoms with van der Waals surface area (Å²) >= 11 is 0. The van der Waals surface area contributed by atoms with E-state index in [1.54, 1.807) is 10.8 Å². The zero-order chi connectivity index (χ0) is 12.7. The fourth-order valence-corrected chi connectivity index (χ4v) is 3.63. The molecule has 0 unspecified atom stereocenters. The molecule has 0 aromatic carbocycles. The smallest absolute Gasteiger partial charge is 0.269 e. The maximum absolute atomic E-state index is 11.7. The molecule has 1 heterocycles. The molecule has 1 aliphatic rings. The van der Waals surface area contributed by atoms with E-state index < -0.39 is 9.84 Å². The third kappa shape index (κ3) is 2.94. The van der Waals surface area contributed by atoms with Crippen molar-refractivity contribution < 1.29 is 8.42 Å². The van der Waals surface area contributed by atoms with Gasteiger partial charge in [-0.25, -0.2) is 8.42 Å². The van der Waals surface area contributed by atoms with Crippen LogP contribution in [0.15, 0.2) is 17.2 Å². The Morgan fingerprint density at radius 2 is 2.06 bits per heavy atom. The van der Waals surface area contributed by atoms with E-state index in [0.29, 0.717) is 6.54 Å². The molecular weight excluding hydrogens is 240 g/mol. The Bertz CT molecular complexity index is 585. The standard InChI is InChI=1S/C11H16N2O3S/c1-9-5-12-6-10(14)13(9)7-11(3-4-11)8-17(2,15)16/h5-6H,3-4,7-8H2,1-2H3. The second-order valence-corrected chi connectivity index (χ2v) is 7.18. The molecule has 0 radical (unpaired) electrons. The average molecular weight is 256 g/mol. The van der Waals surface area contributed by atoms with Gasteiger partial charge in [0, 0.05) is 30.1 Å². The molecule has 0 aliphatic heterocycles. The molecule has 1 saturated carbocycles. The number of rotatable bonds is 4. The van der Waals surface area contributed by atoms with Gasteiger partial charge in [0.2, 0.25) is 0 Å². The van der Waals surface area contributed by atoms with Crippen LogP contribution >= 0.6 is 0 Å². The van der Waals surface area contributed by atoms with Gasteiger partial charge in [-0.05, 0) is 19.8 Å². The van der Waals surface area contributed by atoms with Gasteiger partial charge in [-0.1, -0.05) is 0 Å². The molecule has 0 bridgehead atoms. The lowest BCUT2D eigenvalue weighted by Crippen LogP contribution is -2.29. The molecule has 6 heteroatoms. The van der Waals surface area contributed by atoms with Crippen LogP contribution in [0.3, 0.4) is 0 Å². The lowest BCUT2D eigenvalue weighted by atomic mass is 10.1. The van der Waals surface area contributed by atoms with Gasteiger partial charge in [-0.15, -0.1) is 0 Å². The summed E-state index contributed by atoms with van der Waals surface area (Å²) in [5.74, 6) is 0.161. The predicted molar refractivity (Wildman–Crippen MR) is 64.6 cm³/mol. The van der Waals surface area contributed by atoms with E-state index >= 15 is 0 Å². The molecule has 1 aliphatic carbocycles. The number of sulfone groups is 1. The second-order valence-electron chi connectivity index (χ2n) is 5.04. The fraction of sp³-hybridized carbons (Fsp3) is 0.636. The molecular formula is C11H16N2O3S. The van der Waals surface area contributed by atoms with Crippen LogP contribution in [-0.2, 0) is 16.4 Å². The molecule has 1 fully saturated rings. The minimum Gasteiger partial charge on any atom is -0.309 e. The van der Waals surface area contributed by atoms with Crippen molar-refractivity contribution in [3.63, 3.8) is 0 Å². The lowest BCUT2D eigenvalue weighted by Gasteiger charge is -2.17. The van der Waals surface area contributed by atoms with Gasteiger partial charge in [0.05, 0.1) is 11.9 Å². The Morgan fingerprint density at radius 3 is 2.53 bits per heavy atom. The normalized spacial score (nSPS) is 18.0. The Kier molecular flexibility index (Phi) is 2.85. The number of nitrogens with zero attached hydrogens (tertiary/aromatic N) is 2. The largest absolute Gasteiger partial charge is 0.309 e. The van der Waals surface area contributed by atoms with E-state index in [1.807, 2.05) is 6.92 Å². The Morgan fingerprint density at radius 1 is 1.41 bits per heavy atom. The summed E-state index contributed by atoms with van der Waals surface area (Å²) in [6.45, 7) is 2.29. The summed E-state index contributed by atoms with van der Waals surface area (Å²) in [6.07, 6.45) is 5.87. The van der Waals surface area contributed by atoms with E-state index in [4.69, 9.17) is 0 Å². The van der Waals surface area contributed by atoms with Crippen molar-refractivity contribution in [2.75, 3.05) is 12.0 Å². The summed E-state index contributed by atoms with van der Waals surface area (Å²) < 4.78 is 24.3. The quantitative estimate of drug-likeness (QED) is 0.781. The van der Waals surface area contributed by atoms with E-state index in [9.17, 15) is 13.2 Å². The molecule has 17 heavy (non-hydrogen) atoms. The Hall–Kier alpha value is -1.17. The highest BCUT2D eigenvalue weighted by atomic mass is 32.2. The third-order valence-corrected chi connectivity index (χ3v) is 4.29. The SMILES string of the molecule is Cc1cncc(=O)n1CC1(CS(C)(=O)=O)CC1. The first-order chi connectivity index (χ1) is 7.81. The molecule has 0 spiro atoms. The van der Waals surface area contributed by atoms with Crippen molar-refractivity contribution >= 4 is 9.84 Å². The van der Waals surface area contributed by atoms with E-state index in [1.165, 1.54) is 12.5 Å². The third-order valence-electron chi connectivity index (χ3n) is 3.16. The summed E-state index contributed by atoms with van der Waals surface area (Å²) in [4.78, 5) is 15.5. The van der Waals surface area contributed by atoms with Crippen molar-refractivity contribution in [2.45, 2.75) is 26.3 Å². The summed E-state index contributed by atoms with van der Waals surface area (Å²) in [6, 6.07) is 0. The first-order valence-corrected chi connectivity index (χ1v) is 7.57. The zero-order valence-electron chi connectivity index (χ0n) is 10.0. The van der Waals surface area contributed by atoms with Gasteiger partial charge in [-0.2, -0.15) is 0 Å². The van der Waals surface area contributed by atoms with Gasteiger partial charge < -0.3 is 4.57 Å². The van der Waals surface area contributed by atoms with Crippen molar-refractivity contribution in [1.82, 2.24) is 9.55 Å². The number of hydrogen-bond acceptors (Lipinski definition) is 4. The van der Waals surface area contributed by atoms with Crippen LogP contribution in [0.1, 0.15) is 18.5 Å². The highest BCUT2D eigenvalue weighted by molar-refractivity contribution is 7.90. The molecule has 0 atom stereocenters. The zero-order valence-corrected chi connectivity index (χ0v) is 10.8. The summed E-state index contributed by atoms with van der Waals surface area (Å²) in [5.41, 5.74) is 0.380. The van der Waals surface area contributed by atoms with Gasteiger partial charge >= 0.3 is 0 Å². The highest BCUT2D eigenvalue weighted by Crippen LogP contribution is 2.48. The van der Waals surface area contributed by atoms with Crippen LogP contribution in [0.2, 0.25) is 0 Å². The molecule has 1 aromatic heterocycles. The minimum atomic E-state index is -3.00. The maximum Gasteiger partial charge on any atom is 0.269 e. The van der Waals surface area contributed by atoms with E-state index in [2.05, 4.69) is 4.98 Å². The number of aryl methyl sites for hydroxylation is 1. The Labute approximate surface area is 100 Å². The monoisotopic (exact) mass is 256 g/mol. The first kappa shape index (κ1) is 12.3. The molecule has 2 rings (SSSR count). The average Bonchev–Trinajstić information content (AvgIpc) is 2.89. The van der Waals surface area contributed by atoms with Crippen LogP contribution < -0.4 is 5.56 Å². The van der Waals surface area contributed by atoms with Crippen LogP contribution in [0, 0.1) is 12.3 Å². The molecule has 94 valence electrons. The van der Waals surface area contributed by atoms with Crippen molar-refractivity contribution in [3.05, 3.63) is 28.4 Å². The Balaban J connectivity index is 2.25. The topological polar surface area (TPSA) is 69.0 Å². The molecule has 0 saturated heterocycles. The van der Waals surface area contributed by atoms with Crippen molar-refractivity contribution in [3.8, 4) is 0 Å². The van der Waals surface area contributed by atoms with Gasteiger partial charge in [0.15, 0.2) is 0 Å². The number of hydrogen-bond donors (Lipinski definition) is 0. The molecule has 1 aromatic rings. The van der Waals surface area contributed by atoms with Gasteiger partial charge in [-0.3, -0.25) is 9.78 Å². The van der Waals surface area contributed by atoms with Crippen molar-refractivity contribution in [1.29, 1.82) is 0 Å². The minimum absolute atomic E-state index is 0.161. The number of aromatic nitrogens is 2. The van der Waals surface area contributed by atoms with E-state index in [-0.39, 0.29) is 16.7 Å². The fourth-order valence-electron chi connectivity index (χ4n) is 2.14. The van der Waals surface area contributed by atoms with Crippen molar-refractivity contribution in [2.24, 2.45) is 5.41 Å². The van der Waals surface area contributed by atoms with Crippen LogP contribution in [0.25, 0.3) is 0 Å². The highest BCUT2D eigenvalue weighted by Gasteiger charge is 2.45. The summed E-state index contributed by atoms with van der Waals surface area (Å²) in [5, 5.41) is 0. The predicted octanol–water partition coefficient (Wildman–Crippen LogP) is 0.377. The molecule has 0 amide bonds. The van der Waals surface area contributed by atoms with Crippen LogP contribution in [0.5, 0.6) is 0 Å². The first-order valence-electron chi connectivity index (χ1n) is 5.51. The molecule has 0 N–H and O–H groups in total. The molecule has 5 nitrogen and oxygen atoms in total. The lowest BCUT2D eigenvalue weighted by molar-refractivity contribution is 0.444. The maximum atomic E-state index is 11.7. The van der Waals surface area contributed by atoms with Crippen LogP contribution in [0.4, 0.5) is 0 Å². The van der Waals surface area contributed by atoms with Gasteiger partial charge in [0.1, 0.15) is 9.84 Å². The van der Waals surface area contributed by atoms with E-state index in [0.717, 1.165) is 18.5 Å².